The molecule has 1 aromatic rings. The number of hydrogen-bond donors (Lipinski definition) is 2. The molecule has 1 atom stereocenters. The first-order valence-corrected chi connectivity index (χ1v) is 10.0. The third-order valence-corrected chi connectivity index (χ3v) is 5.15. The Bertz CT molecular complexity index is 677. The van der Waals surface area contributed by atoms with Crippen LogP contribution in [-0.2, 0) is 4.74 Å². The third kappa shape index (κ3) is 5.32. The second kappa shape index (κ2) is 10.2. The van der Waals surface area contributed by atoms with Crippen molar-refractivity contribution in [3.05, 3.63) is 34.4 Å². The van der Waals surface area contributed by atoms with Crippen molar-refractivity contribution >= 4 is 17.3 Å². The molecule has 3 rings (SSSR count). The standard InChI is InChI=1S/C19H30N6O3/c1-2-20-19(24-10-7-16(15-24)23-11-13-28-14-12-23)22-9-8-21-17-5-3-4-6-18(17)25(26)27/h3-6,16,21H,2,7-15H2,1H3,(H,20,22). The maximum absolute atomic E-state index is 11.1. The maximum Gasteiger partial charge on any atom is 0.292 e. The highest BCUT2D eigenvalue weighted by atomic mass is 16.6. The van der Waals surface area contributed by atoms with Gasteiger partial charge in [-0.15, -0.1) is 0 Å². The van der Waals surface area contributed by atoms with E-state index in [0.717, 1.165) is 58.3 Å². The first kappa shape index (κ1) is 20.3. The van der Waals surface area contributed by atoms with Crippen LogP contribution in [0.1, 0.15) is 13.3 Å². The molecule has 0 saturated carbocycles. The number of guanidine groups is 1. The average molecular weight is 390 g/mol. The molecule has 1 unspecified atom stereocenters. The van der Waals surface area contributed by atoms with Crippen molar-refractivity contribution in [2.45, 2.75) is 19.4 Å². The van der Waals surface area contributed by atoms with Gasteiger partial charge in [0.05, 0.1) is 24.7 Å². The fourth-order valence-corrected chi connectivity index (χ4v) is 3.74. The molecule has 0 bridgehead atoms. The molecular formula is C19H30N6O3. The van der Waals surface area contributed by atoms with Gasteiger partial charge in [0.25, 0.3) is 5.69 Å². The van der Waals surface area contributed by atoms with E-state index < -0.39 is 0 Å². The molecule has 9 nitrogen and oxygen atoms in total. The molecule has 154 valence electrons. The Morgan fingerprint density at radius 2 is 2.11 bits per heavy atom. The zero-order valence-corrected chi connectivity index (χ0v) is 16.5. The fraction of sp³-hybridized carbons (Fsp3) is 0.632. The lowest BCUT2D eigenvalue weighted by Crippen LogP contribution is -2.46. The van der Waals surface area contributed by atoms with Crippen molar-refractivity contribution in [3.8, 4) is 0 Å². The Kier molecular flexibility index (Phi) is 7.44. The van der Waals surface area contributed by atoms with E-state index in [-0.39, 0.29) is 10.6 Å². The number of ether oxygens (including phenoxy) is 1. The van der Waals surface area contributed by atoms with Crippen LogP contribution in [-0.4, -0.2) is 85.8 Å². The molecule has 2 aliphatic rings. The molecule has 0 amide bonds. The summed E-state index contributed by atoms with van der Waals surface area (Å²) in [5, 5.41) is 17.6. The summed E-state index contributed by atoms with van der Waals surface area (Å²) in [4.78, 5) is 20.3. The van der Waals surface area contributed by atoms with Gasteiger partial charge in [-0.3, -0.25) is 20.0 Å². The molecule has 2 aliphatic heterocycles. The van der Waals surface area contributed by atoms with Gasteiger partial charge in [0.1, 0.15) is 5.69 Å². The summed E-state index contributed by atoms with van der Waals surface area (Å²) in [6, 6.07) is 7.24. The van der Waals surface area contributed by atoms with Crippen LogP contribution in [0, 0.1) is 10.1 Å². The molecule has 1 aromatic carbocycles. The summed E-state index contributed by atoms with van der Waals surface area (Å²) >= 11 is 0. The number of para-hydroxylation sites is 2. The molecule has 2 saturated heterocycles. The normalized spacial score (nSPS) is 21.0. The number of hydrogen-bond acceptors (Lipinski definition) is 6. The fourth-order valence-electron chi connectivity index (χ4n) is 3.74. The van der Waals surface area contributed by atoms with Gasteiger partial charge >= 0.3 is 0 Å². The second-order valence-corrected chi connectivity index (χ2v) is 6.97. The smallest absolute Gasteiger partial charge is 0.292 e. The molecule has 0 radical (unpaired) electrons. The van der Waals surface area contributed by atoms with Gasteiger partial charge in [0.2, 0.25) is 0 Å². The zero-order valence-electron chi connectivity index (χ0n) is 16.5. The van der Waals surface area contributed by atoms with E-state index in [9.17, 15) is 10.1 Å². The largest absolute Gasteiger partial charge is 0.379 e. The number of morpholine rings is 1. The number of rotatable bonds is 7. The highest BCUT2D eigenvalue weighted by molar-refractivity contribution is 5.80. The van der Waals surface area contributed by atoms with E-state index in [1.807, 2.05) is 0 Å². The van der Waals surface area contributed by atoms with Gasteiger partial charge in [-0.2, -0.15) is 0 Å². The molecular weight excluding hydrogens is 360 g/mol. The van der Waals surface area contributed by atoms with E-state index in [1.54, 1.807) is 18.2 Å². The van der Waals surface area contributed by atoms with Crippen molar-refractivity contribution in [3.63, 3.8) is 0 Å². The number of nitrogens with zero attached hydrogens (tertiary/aromatic N) is 4. The highest BCUT2D eigenvalue weighted by Gasteiger charge is 2.30. The number of likely N-dealkylation sites (tertiary alicyclic amines) is 1. The average Bonchev–Trinajstić information content (AvgIpc) is 3.21. The van der Waals surface area contributed by atoms with Gasteiger partial charge in [-0.25, -0.2) is 0 Å². The molecule has 2 N–H and O–H groups in total. The first-order valence-electron chi connectivity index (χ1n) is 10.0. The number of nitro groups is 1. The van der Waals surface area contributed by atoms with Crippen molar-refractivity contribution in [2.75, 3.05) is 64.3 Å². The van der Waals surface area contributed by atoms with Crippen LogP contribution in [0.25, 0.3) is 0 Å². The summed E-state index contributed by atoms with van der Waals surface area (Å²) in [5.74, 6) is 0.919. The first-order chi connectivity index (χ1) is 13.7. The van der Waals surface area contributed by atoms with Gasteiger partial charge < -0.3 is 20.3 Å². The van der Waals surface area contributed by atoms with Crippen LogP contribution in [0.15, 0.2) is 29.3 Å². The van der Waals surface area contributed by atoms with E-state index in [4.69, 9.17) is 9.73 Å². The van der Waals surface area contributed by atoms with Gasteiger partial charge in [0, 0.05) is 51.4 Å². The van der Waals surface area contributed by atoms with Crippen LogP contribution in [0.3, 0.4) is 0 Å². The Labute approximate surface area is 165 Å². The Balaban J connectivity index is 1.52. The maximum atomic E-state index is 11.1. The highest BCUT2D eigenvalue weighted by Crippen LogP contribution is 2.22. The lowest BCUT2D eigenvalue weighted by molar-refractivity contribution is -0.384. The molecule has 2 heterocycles. The van der Waals surface area contributed by atoms with E-state index >= 15 is 0 Å². The second-order valence-electron chi connectivity index (χ2n) is 6.97. The lowest BCUT2D eigenvalue weighted by atomic mass is 10.2. The van der Waals surface area contributed by atoms with E-state index in [1.165, 1.54) is 6.07 Å². The summed E-state index contributed by atoms with van der Waals surface area (Å²) in [6.45, 7) is 9.59. The number of benzene rings is 1. The van der Waals surface area contributed by atoms with Crippen molar-refractivity contribution in [1.29, 1.82) is 0 Å². The molecule has 0 aliphatic carbocycles. The van der Waals surface area contributed by atoms with Crippen LogP contribution in [0.5, 0.6) is 0 Å². The van der Waals surface area contributed by atoms with E-state index in [0.29, 0.717) is 24.8 Å². The molecule has 0 aromatic heterocycles. The Hall–Kier alpha value is -2.39. The summed E-state index contributed by atoms with van der Waals surface area (Å²) in [6.07, 6.45) is 1.14. The quantitative estimate of drug-likeness (QED) is 0.239. The van der Waals surface area contributed by atoms with Crippen molar-refractivity contribution in [2.24, 2.45) is 4.99 Å². The SMILES string of the molecule is CCNC(=NCCNc1ccccc1[N+](=O)[O-])N1CCC(N2CCOCC2)C1. The number of nitrogens with one attached hydrogen (secondary N) is 2. The number of nitro benzene ring substituents is 1. The Morgan fingerprint density at radius 3 is 2.86 bits per heavy atom. The van der Waals surface area contributed by atoms with Crippen LogP contribution in [0.4, 0.5) is 11.4 Å². The van der Waals surface area contributed by atoms with Gasteiger partial charge in [0.15, 0.2) is 5.96 Å². The van der Waals surface area contributed by atoms with Crippen LogP contribution >= 0.6 is 0 Å². The number of aliphatic imine (C=N–C) groups is 1. The predicted molar refractivity (Wildman–Crippen MR) is 110 cm³/mol. The molecule has 2 fully saturated rings. The van der Waals surface area contributed by atoms with Crippen LogP contribution in [0.2, 0.25) is 0 Å². The predicted octanol–water partition coefficient (Wildman–Crippen LogP) is 1.38. The van der Waals surface area contributed by atoms with Crippen molar-refractivity contribution < 1.29 is 9.66 Å². The summed E-state index contributed by atoms with van der Waals surface area (Å²) in [7, 11) is 0. The monoisotopic (exact) mass is 390 g/mol. The van der Waals surface area contributed by atoms with Gasteiger partial charge in [-0.1, -0.05) is 12.1 Å². The van der Waals surface area contributed by atoms with Gasteiger partial charge in [-0.05, 0) is 19.4 Å². The summed E-state index contributed by atoms with van der Waals surface area (Å²) < 4.78 is 5.46. The molecule has 9 heteroatoms. The molecule has 28 heavy (non-hydrogen) atoms. The number of anilines is 1. The van der Waals surface area contributed by atoms with E-state index in [2.05, 4.69) is 27.4 Å². The lowest BCUT2D eigenvalue weighted by Gasteiger charge is -2.32. The topological polar surface area (TPSA) is 95.3 Å². The minimum absolute atomic E-state index is 0.0892. The van der Waals surface area contributed by atoms with Crippen molar-refractivity contribution in [1.82, 2.24) is 15.1 Å². The summed E-state index contributed by atoms with van der Waals surface area (Å²) in [5.41, 5.74) is 0.618. The Morgan fingerprint density at radius 1 is 1.32 bits per heavy atom. The third-order valence-electron chi connectivity index (χ3n) is 5.15. The molecule has 0 spiro atoms. The zero-order chi connectivity index (χ0) is 19.8. The minimum atomic E-state index is -0.369. The minimum Gasteiger partial charge on any atom is -0.379 e. The van der Waals surface area contributed by atoms with Crippen LogP contribution < -0.4 is 10.6 Å².